The van der Waals surface area contributed by atoms with Crippen LogP contribution in [0.2, 0.25) is 0 Å². The smallest absolute Gasteiger partial charge is 0.223 e. The molecule has 0 N–H and O–H groups in total. The van der Waals surface area contributed by atoms with Crippen LogP contribution >= 0.6 is 11.6 Å². The minimum absolute atomic E-state index is 0.0642. The van der Waals surface area contributed by atoms with Gasteiger partial charge in [0.15, 0.2) is 17.5 Å². The SMILES string of the molecule is O=C1CC(CCl)CN1Cc1cc(F)c(F)c(F)c1. The molecule has 1 aromatic rings. The number of hydrogen-bond acceptors (Lipinski definition) is 1. The Morgan fingerprint density at radius 2 is 1.89 bits per heavy atom. The van der Waals surface area contributed by atoms with Gasteiger partial charge < -0.3 is 4.90 Å². The molecule has 1 aliphatic rings. The van der Waals surface area contributed by atoms with Gasteiger partial charge >= 0.3 is 0 Å². The monoisotopic (exact) mass is 277 g/mol. The Labute approximate surface area is 107 Å². The molecule has 1 fully saturated rings. The van der Waals surface area contributed by atoms with Gasteiger partial charge in [-0.25, -0.2) is 13.2 Å². The highest BCUT2D eigenvalue weighted by atomic mass is 35.5. The molecule has 0 radical (unpaired) electrons. The highest BCUT2D eigenvalue weighted by Gasteiger charge is 2.29. The molecule has 1 heterocycles. The Morgan fingerprint density at radius 3 is 2.39 bits per heavy atom. The van der Waals surface area contributed by atoms with Crippen molar-refractivity contribution >= 4 is 17.5 Å². The summed E-state index contributed by atoms with van der Waals surface area (Å²) in [5.41, 5.74) is 0.231. The number of amides is 1. The van der Waals surface area contributed by atoms with E-state index in [1.54, 1.807) is 0 Å². The average molecular weight is 278 g/mol. The van der Waals surface area contributed by atoms with Crippen LogP contribution in [-0.4, -0.2) is 23.2 Å². The number of rotatable bonds is 3. The largest absolute Gasteiger partial charge is 0.338 e. The zero-order valence-corrected chi connectivity index (χ0v) is 10.2. The summed E-state index contributed by atoms with van der Waals surface area (Å²) < 4.78 is 38.8. The second-order valence-electron chi connectivity index (χ2n) is 4.37. The maximum atomic E-state index is 13.0. The number of nitrogens with zero attached hydrogens (tertiary/aromatic N) is 1. The normalized spacial score (nSPS) is 19.7. The van der Waals surface area contributed by atoms with Crippen molar-refractivity contribution in [3.63, 3.8) is 0 Å². The second kappa shape index (κ2) is 5.18. The van der Waals surface area contributed by atoms with Gasteiger partial charge in [0.2, 0.25) is 5.91 Å². The fourth-order valence-electron chi connectivity index (χ4n) is 2.03. The highest BCUT2D eigenvalue weighted by molar-refractivity contribution is 6.18. The van der Waals surface area contributed by atoms with Crippen molar-refractivity contribution in [3.8, 4) is 0 Å². The van der Waals surface area contributed by atoms with Crippen molar-refractivity contribution in [2.75, 3.05) is 12.4 Å². The van der Waals surface area contributed by atoms with E-state index in [9.17, 15) is 18.0 Å². The van der Waals surface area contributed by atoms with Gasteiger partial charge in [0.25, 0.3) is 0 Å². The molecule has 1 saturated heterocycles. The third kappa shape index (κ3) is 2.61. The zero-order chi connectivity index (χ0) is 13.3. The maximum absolute atomic E-state index is 13.0. The number of alkyl halides is 1. The van der Waals surface area contributed by atoms with Crippen LogP contribution in [0.5, 0.6) is 0 Å². The molecule has 0 bridgehead atoms. The van der Waals surface area contributed by atoms with Crippen molar-refractivity contribution in [2.45, 2.75) is 13.0 Å². The number of halogens is 4. The van der Waals surface area contributed by atoms with E-state index in [2.05, 4.69) is 0 Å². The zero-order valence-electron chi connectivity index (χ0n) is 9.43. The van der Waals surface area contributed by atoms with E-state index in [4.69, 9.17) is 11.6 Å². The summed E-state index contributed by atoms with van der Waals surface area (Å²) in [6.07, 6.45) is 0.343. The van der Waals surface area contributed by atoms with Crippen LogP contribution < -0.4 is 0 Å². The summed E-state index contributed by atoms with van der Waals surface area (Å²) >= 11 is 5.66. The molecule has 1 atom stereocenters. The van der Waals surface area contributed by atoms with Crippen molar-refractivity contribution in [3.05, 3.63) is 35.1 Å². The molecule has 1 aliphatic heterocycles. The second-order valence-corrected chi connectivity index (χ2v) is 4.68. The molecule has 2 nitrogen and oxygen atoms in total. The third-order valence-corrected chi connectivity index (χ3v) is 3.37. The van der Waals surface area contributed by atoms with Crippen LogP contribution in [0.3, 0.4) is 0 Å². The van der Waals surface area contributed by atoms with Gasteiger partial charge in [-0.05, 0) is 23.6 Å². The van der Waals surface area contributed by atoms with Crippen LogP contribution in [0.1, 0.15) is 12.0 Å². The molecular formula is C12H11ClF3NO. The maximum Gasteiger partial charge on any atom is 0.223 e. The Bertz CT molecular complexity index is 457. The van der Waals surface area contributed by atoms with Gasteiger partial charge in [-0.1, -0.05) is 0 Å². The van der Waals surface area contributed by atoms with Crippen molar-refractivity contribution < 1.29 is 18.0 Å². The van der Waals surface area contributed by atoms with Gasteiger partial charge in [0, 0.05) is 25.4 Å². The van der Waals surface area contributed by atoms with E-state index in [1.807, 2.05) is 0 Å². The van der Waals surface area contributed by atoms with E-state index in [1.165, 1.54) is 4.90 Å². The third-order valence-electron chi connectivity index (χ3n) is 2.93. The highest BCUT2D eigenvalue weighted by Crippen LogP contribution is 2.22. The van der Waals surface area contributed by atoms with Crippen molar-refractivity contribution in [2.24, 2.45) is 5.92 Å². The molecule has 98 valence electrons. The van der Waals surface area contributed by atoms with Gasteiger partial charge in [0.1, 0.15) is 0 Å². The molecule has 1 aromatic carbocycles. The van der Waals surface area contributed by atoms with E-state index in [-0.39, 0.29) is 23.9 Å². The molecule has 0 spiro atoms. The molecule has 0 saturated carbocycles. The van der Waals surface area contributed by atoms with Crippen LogP contribution in [0.25, 0.3) is 0 Å². The molecule has 1 unspecified atom stereocenters. The van der Waals surface area contributed by atoms with E-state index < -0.39 is 17.5 Å². The molecular weight excluding hydrogens is 267 g/mol. The number of likely N-dealkylation sites (tertiary alicyclic amines) is 1. The topological polar surface area (TPSA) is 20.3 Å². The number of hydrogen-bond donors (Lipinski definition) is 0. The van der Waals surface area contributed by atoms with Crippen LogP contribution in [0, 0.1) is 23.4 Å². The molecule has 0 aliphatic carbocycles. The van der Waals surface area contributed by atoms with Crippen molar-refractivity contribution in [1.29, 1.82) is 0 Å². The predicted octanol–water partition coefficient (Wildman–Crippen LogP) is 2.69. The molecule has 0 aromatic heterocycles. The Morgan fingerprint density at radius 1 is 1.28 bits per heavy atom. The number of benzene rings is 1. The first-order chi connectivity index (χ1) is 8.51. The molecule has 2 rings (SSSR count). The first kappa shape index (κ1) is 13.2. The standard InChI is InChI=1S/C12H11ClF3NO/c13-4-8-3-11(18)17(6-8)5-7-1-9(14)12(16)10(15)2-7/h1-2,8H,3-6H2. The molecule has 6 heteroatoms. The summed E-state index contributed by atoms with van der Waals surface area (Å²) in [6.45, 7) is 0.531. The Hall–Kier alpha value is -1.23. The van der Waals surface area contributed by atoms with E-state index >= 15 is 0 Å². The summed E-state index contributed by atoms with van der Waals surface area (Å²) in [7, 11) is 0. The van der Waals surface area contributed by atoms with Crippen LogP contribution in [-0.2, 0) is 11.3 Å². The summed E-state index contributed by atoms with van der Waals surface area (Å²) in [4.78, 5) is 13.1. The summed E-state index contributed by atoms with van der Waals surface area (Å²) in [5.74, 6) is -3.66. The van der Waals surface area contributed by atoms with Gasteiger partial charge in [-0.3, -0.25) is 4.79 Å². The van der Waals surface area contributed by atoms with Crippen LogP contribution in [0.15, 0.2) is 12.1 Å². The van der Waals surface area contributed by atoms with Gasteiger partial charge in [-0.15, -0.1) is 11.6 Å². The lowest BCUT2D eigenvalue weighted by Gasteiger charge is -2.16. The van der Waals surface area contributed by atoms with E-state index in [0.29, 0.717) is 18.8 Å². The van der Waals surface area contributed by atoms with Crippen LogP contribution in [0.4, 0.5) is 13.2 Å². The quantitative estimate of drug-likeness (QED) is 0.614. The lowest BCUT2D eigenvalue weighted by molar-refractivity contribution is -0.128. The van der Waals surface area contributed by atoms with Gasteiger partial charge in [0.05, 0.1) is 0 Å². The number of carbonyl (C=O) groups is 1. The van der Waals surface area contributed by atoms with Crippen molar-refractivity contribution in [1.82, 2.24) is 4.90 Å². The fourth-order valence-corrected chi connectivity index (χ4v) is 2.24. The Balaban J connectivity index is 2.13. The lowest BCUT2D eigenvalue weighted by Crippen LogP contribution is -2.25. The summed E-state index contributed by atoms with van der Waals surface area (Å²) in [6, 6.07) is 1.80. The first-order valence-electron chi connectivity index (χ1n) is 5.48. The minimum Gasteiger partial charge on any atom is -0.338 e. The Kier molecular flexibility index (Phi) is 3.80. The summed E-state index contributed by atoms with van der Waals surface area (Å²) in [5, 5.41) is 0. The molecule has 1 amide bonds. The lowest BCUT2D eigenvalue weighted by atomic mass is 10.1. The average Bonchev–Trinajstić information content (AvgIpc) is 2.67. The number of carbonyl (C=O) groups excluding carboxylic acids is 1. The molecule has 18 heavy (non-hydrogen) atoms. The fraction of sp³-hybridized carbons (Fsp3) is 0.417. The van der Waals surface area contributed by atoms with Gasteiger partial charge in [-0.2, -0.15) is 0 Å². The minimum atomic E-state index is -1.50. The van der Waals surface area contributed by atoms with E-state index in [0.717, 1.165) is 12.1 Å². The first-order valence-corrected chi connectivity index (χ1v) is 6.02. The predicted molar refractivity (Wildman–Crippen MR) is 60.6 cm³/mol.